The van der Waals surface area contributed by atoms with Crippen molar-refractivity contribution >= 4 is 16.9 Å². The maximum atomic E-state index is 12.6. The Balaban J connectivity index is 1.62. The van der Waals surface area contributed by atoms with Gasteiger partial charge in [-0.15, -0.1) is 0 Å². The Hall–Kier alpha value is -3.22. The summed E-state index contributed by atoms with van der Waals surface area (Å²) in [5.74, 6) is 1.05. The van der Waals surface area contributed by atoms with Crippen molar-refractivity contribution in [1.29, 1.82) is 0 Å². The van der Waals surface area contributed by atoms with E-state index in [1.54, 1.807) is 12.1 Å². The third-order valence-corrected chi connectivity index (χ3v) is 4.34. The maximum absolute atomic E-state index is 12.6. The Morgan fingerprint density at radius 2 is 1.81 bits per heavy atom. The van der Waals surface area contributed by atoms with Gasteiger partial charge in [0.2, 0.25) is 5.75 Å². The number of hydrogen-bond acceptors (Lipinski definition) is 5. The smallest absolute Gasteiger partial charge is 0.255 e. The number of ether oxygens (including phenoxy) is 3. The molecule has 0 atom stereocenters. The van der Waals surface area contributed by atoms with Gasteiger partial charge in [0, 0.05) is 13.1 Å². The molecule has 0 aliphatic heterocycles. The molecule has 0 spiro atoms. The summed E-state index contributed by atoms with van der Waals surface area (Å²) in [6.07, 6.45) is 2.60. The number of methoxy groups -OCH3 is 3. The van der Waals surface area contributed by atoms with Gasteiger partial charge in [-0.25, -0.2) is 4.98 Å². The quantitative estimate of drug-likeness (QED) is 0.618. The molecular weight excluding hydrogens is 346 g/mol. The van der Waals surface area contributed by atoms with Gasteiger partial charge in [-0.1, -0.05) is 12.1 Å². The van der Waals surface area contributed by atoms with Crippen molar-refractivity contribution < 1.29 is 19.0 Å². The molecule has 0 aliphatic carbocycles. The van der Waals surface area contributed by atoms with E-state index in [1.165, 1.54) is 21.3 Å². The zero-order chi connectivity index (χ0) is 19.2. The number of fused-ring (bicyclic) bond motifs is 1. The Labute approximate surface area is 157 Å². The summed E-state index contributed by atoms with van der Waals surface area (Å²) in [6.45, 7) is 1.30. The molecule has 7 heteroatoms. The molecule has 27 heavy (non-hydrogen) atoms. The number of hydrogen-bond donors (Lipinski definition) is 1. The predicted molar refractivity (Wildman–Crippen MR) is 103 cm³/mol. The van der Waals surface area contributed by atoms with Crippen LogP contribution >= 0.6 is 0 Å². The number of para-hydroxylation sites is 2. The highest BCUT2D eigenvalue weighted by atomic mass is 16.5. The van der Waals surface area contributed by atoms with E-state index in [-0.39, 0.29) is 5.91 Å². The number of rotatable bonds is 8. The van der Waals surface area contributed by atoms with E-state index < -0.39 is 0 Å². The summed E-state index contributed by atoms with van der Waals surface area (Å²) in [7, 11) is 4.55. The number of aryl methyl sites for hydroxylation is 1. The summed E-state index contributed by atoms with van der Waals surface area (Å²) in [4.78, 5) is 16.9. The topological polar surface area (TPSA) is 74.6 Å². The summed E-state index contributed by atoms with van der Waals surface area (Å²) >= 11 is 0. The summed E-state index contributed by atoms with van der Waals surface area (Å²) in [5, 5.41) is 2.92. The predicted octanol–water partition coefficient (Wildman–Crippen LogP) is 2.88. The van der Waals surface area contributed by atoms with Crippen LogP contribution in [0.5, 0.6) is 17.2 Å². The lowest BCUT2D eigenvalue weighted by molar-refractivity contribution is 0.0949. The van der Waals surface area contributed by atoms with Gasteiger partial charge in [0.25, 0.3) is 5.91 Å². The van der Waals surface area contributed by atoms with E-state index in [0.29, 0.717) is 29.4 Å². The van der Waals surface area contributed by atoms with Crippen molar-refractivity contribution in [3.8, 4) is 17.2 Å². The second-order valence-corrected chi connectivity index (χ2v) is 5.92. The maximum Gasteiger partial charge on any atom is 0.255 e. The molecule has 1 amide bonds. The minimum absolute atomic E-state index is 0.219. The Morgan fingerprint density at radius 1 is 1.04 bits per heavy atom. The zero-order valence-corrected chi connectivity index (χ0v) is 15.7. The normalized spacial score (nSPS) is 10.6. The van der Waals surface area contributed by atoms with Gasteiger partial charge in [-0.2, -0.15) is 0 Å². The van der Waals surface area contributed by atoms with Crippen LogP contribution in [0.3, 0.4) is 0 Å². The average Bonchev–Trinajstić information content (AvgIpc) is 3.12. The molecule has 7 nitrogen and oxygen atoms in total. The molecule has 142 valence electrons. The molecule has 0 aliphatic rings. The highest BCUT2D eigenvalue weighted by Gasteiger charge is 2.20. The number of carbonyl (C=O) groups is 1. The molecule has 0 bridgehead atoms. The lowest BCUT2D eigenvalue weighted by atomic mass is 10.1. The summed E-state index contributed by atoms with van der Waals surface area (Å²) in [5.41, 5.74) is 2.46. The number of aromatic nitrogens is 2. The first-order valence-corrected chi connectivity index (χ1v) is 8.66. The van der Waals surface area contributed by atoms with Crippen LogP contribution in [0.25, 0.3) is 11.0 Å². The largest absolute Gasteiger partial charge is 0.493 e. The number of nitrogens with zero attached hydrogens (tertiary/aromatic N) is 2. The number of carbonyl (C=O) groups excluding carboxylic acids is 1. The average molecular weight is 369 g/mol. The van der Waals surface area contributed by atoms with Gasteiger partial charge in [-0.05, 0) is 30.7 Å². The first-order chi connectivity index (χ1) is 13.2. The molecule has 3 aromatic rings. The van der Waals surface area contributed by atoms with Gasteiger partial charge >= 0.3 is 0 Å². The number of imidazole rings is 1. The van der Waals surface area contributed by atoms with Crippen LogP contribution < -0.4 is 19.5 Å². The van der Waals surface area contributed by atoms with Gasteiger partial charge < -0.3 is 24.1 Å². The van der Waals surface area contributed by atoms with Crippen molar-refractivity contribution in [2.24, 2.45) is 0 Å². The van der Waals surface area contributed by atoms with Gasteiger partial charge in [0.05, 0.1) is 44.3 Å². The monoisotopic (exact) mass is 369 g/mol. The molecule has 2 aromatic carbocycles. The van der Waals surface area contributed by atoms with E-state index in [2.05, 4.69) is 14.9 Å². The van der Waals surface area contributed by atoms with Crippen LogP contribution in [0.1, 0.15) is 16.8 Å². The minimum atomic E-state index is -0.219. The van der Waals surface area contributed by atoms with Crippen LogP contribution in [0, 0.1) is 0 Å². The fraction of sp³-hybridized carbons (Fsp3) is 0.300. The third-order valence-electron chi connectivity index (χ3n) is 4.34. The molecule has 0 fully saturated rings. The standard InChI is InChI=1S/C20H23N3O4/c1-25-17-10-9-14(18(26-2)19(17)27-3)20(24)21-11-6-12-23-13-22-15-7-4-5-8-16(15)23/h4-5,7-10,13H,6,11-12H2,1-3H3,(H,21,24). The lowest BCUT2D eigenvalue weighted by Gasteiger charge is -2.15. The van der Waals surface area contributed by atoms with Crippen LogP contribution in [-0.2, 0) is 6.54 Å². The van der Waals surface area contributed by atoms with E-state index in [0.717, 1.165) is 24.0 Å². The van der Waals surface area contributed by atoms with E-state index >= 15 is 0 Å². The molecule has 1 aromatic heterocycles. The molecule has 1 N–H and O–H groups in total. The molecule has 3 rings (SSSR count). The fourth-order valence-corrected chi connectivity index (χ4v) is 3.02. The first kappa shape index (κ1) is 18.6. The van der Waals surface area contributed by atoms with E-state index in [1.807, 2.05) is 30.6 Å². The number of amides is 1. The summed E-state index contributed by atoms with van der Waals surface area (Å²) in [6, 6.07) is 11.3. The molecule has 1 heterocycles. The first-order valence-electron chi connectivity index (χ1n) is 8.66. The fourth-order valence-electron chi connectivity index (χ4n) is 3.02. The second kappa shape index (κ2) is 8.44. The molecule has 0 saturated carbocycles. The number of nitrogens with one attached hydrogen (secondary N) is 1. The molecular formula is C20H23N3O4. The Kier molecular flexibility index (Phi) is 5.80. The van der Waals surface area contributed by atoms with Crippen molar-refractivity contribution in [2.45, 2.75) is 13.0 Å². The zero-order valence-electron chi connectivity index (χ0n) is 15.7. The van der Waals surface area contributed by atoms with Gasteiger partial charge in [-0.3, -0.25) is 4.79 Å². The van der Waals surface area contributed by atoms with Crippen LogP contribution in [0.2, 0.25) is 0 Å². The van der Waals surface area contributed by atoms with Crippen LogP contribution in [0.15, 0.2) is 42.7 Å². The number of benzene rings is 2. The molecule has 0 unspecified atom stereocenters. The van der Waals surface area contributed by atoms with Crippen molar-refractivity contribution in [2.75, 3.05) is 27.9 Å². The molecule has 0 radical (unpaired) electrons. The van der Waals surface area contributed by atoms with Crippen molar-refractivity contribution in [3.05, 3.63) is 48.3 Å². The Bertz CT molecular complexity index is 936. The van der Waals surface area contributed by atoms with E-state index in [4.69, 9.17) is 14.2 Å². The highest BCUT2D eigenvalue weighted by Crippen LogP contribution is 2.39. The van der Waals surface area contributed by atoms with Gasteiger partial charge in [0.1, 0.15) is 0 Å². The second-order valence-electron chi connectivity index (χ2n) is 5.92. The molecule has 0 saturated heterocycles. The van der Waals surface area contributed by atoms with E-state index in [9.17, 15) is 4.79 Å². The SMILES string of the molecule is COc1ccc(C(=O)NCCCn2cnc3ccccc32)c(OC)c1OC. The van der Waals surface area contributed by atoms with Crippen LogP contribution in [-0.4, -0.2) is 43.3 Å². The van der Waals surface area contributed by atoms with Crippen LogP contribution in [0.4, 0.5) is 0 Å². The van der Waals surface area contributed by atoms with Crippen molar-refractivity contribution in [1.82, 2.24) is 14.9 Å². The summed E-state index contributed by atoms with van der Waals surface area (Å²) < 4.78 is 18.0. The third kappa shape index (κ3) is 3.81. The van der Waals surface area contributed by atoms with Gasteiger partial charge in [0.15, 0.2) is 11.5 Å². The van der Waals surface area contributed by atoms with Crippen molar-refractivity contribution in [3.63, 3.8) is 0 Å². The minimum Gasteiger partial charge on any atom is -0.493 e. The lowest BCUT2D eigenvalue weighted by Crippen LogP contribution is -2.25. The highest BCUT2D eigenvalue weighted by molar-refractivity contribution is 5.98. The Morgan fingerprint density at radius 3 is 2.56 bits per heavy atom.